The average Bonchev–Trinajstić information content (AvgIpc) is 2.91. The van der Waals surface area contributed by atoms with E-state index in [1.54, 1.807) is 12.1 Å². The maximum Gasteiger partial charge on any atom is 0.255 e. The van der Waals surface area contributed by atoms with Gasteiger partial charge in [-0.15, -0.1) is 0 Å². The minimum atomic E-state index is -0.651. The summed E-state index contributed by atoms with van der Waals surface area (Å²) in [4.78, 5) is 15.0. The molecule has 6 nitrogen and oxygen atoms in total. The second-order valence-electron chi connectivity index (χ2n) is 9.30. The third-order valence-electron chi connectivity index (χ3n) is 6.18. The van der Waals surface area contributed by atoms with Gasteiger partial charge in [-0.25, -0.2) is 0 Å². The van der Waals surface area contributed by atoms with E-state index in [1.807, 2.05) is 50.2 Å². The van der Waals surface area contributed by atoms with Crippen molar-refractivity contribution in [2.24, 2.45) is 0 Å². The molecular formula is C24H32N4O2. The van der Waals surface area contributed by atoms with E-state index in [-0.39, 0.29) is 5.91 Å². The lowest BCUT2D eigenvalue weighted by Gasteiger charge is -2.42. The van der Waals surface area contributed by atoms with Crippen LogP contribution in [-0.4, -0.2) is 46.2 Å². The lowest BCUT2D eigenvalue weighted by Crippen LogP contribution is -2.51. The monoisotopic (exact) mass is 408 g/mol. The van der Waals surface area contributed by atoms with Gasteiger partial charge < -0.3 is 21.5 Å². The molecule has 0 radical (unpaired) electrons. The zero-order chi connectivity index (χ0) is 21.3. The molecule has 0 aromatic heterocycles. The summed E-state index contributed by atoms with van der Waals surface area (Å²) < 4.78 is 0. The molecule has 6 heteroatoms. The molecule has 4 rings (SSSR count). The summed E-state index contributed by atoms with van der Waals surface area (Å²) in [6.07, 6.45) is 4.59. The van der Waals surface area contributed by atoms with Crippen LogP contribution in [0.15, 0.2) is 48.5 Å². The number of carbonyl (C=O) groups excluding carboxylic acids is 1. The predicted octanol–water partition coefficient (Wildman–Crippen LogP) is 3.70. The van der Waals surface area contributed by atoms with E-state index >= 15 is 0 Å². The van der Waals surface area contributed by atoms with E-state index in [0.29, 0.717) is 35.1 Å². The van der Waals surface area contributed by atoms with Crippen LogP contribution in [-0.2, 0) is 0 Å². The number of nitrogen functional groups attached to an aromatic ring is 1. The summed E-state index contributed by atoms with van der Waals surface area (Å²) in [5, 5.41) is 16.7. The molecule has 2 unspecified atom stereocenters. The number of para-hydroxylation sites is 2. The number of nitrogens with zero attached hydrogens (tertiary/aromatic N) is 1. The number of carbonyl (C=O) groups is 1. The molecule has 2 aromatic rings. The van der Waals surface area contributed by atoms with Gasteiger partial charge >= 0.3 is 0 Å². The topological polar surface area (TPSA) is 90.6 Å². The van der Waals surface area contributed by atoms with Crippen molar-refractivity contribution in [1.29, 1.82) is 0 Å². The Balaban J connectivity index is 1.34. The largest absolute Gasteiger partial charge is 0.397 e. The highest BCUT2D eigenvalue weighted by Crippen LogP contribution is 2.37. The van der Waals surface area contributed by atoms with Crippen molar-refractivity contribution in [2.75, 3.05) is 22.9 Å². The number of hydrogen-bond acceptors (Lipinski definition) is 5. The number of nitrogens with one attached hydrogen (secondary N) is 2. The fraction of sp³-hybridized carbons (Fsp3) is 0.458. The van der Waals surface area contributed by atoms with E-state index in [2.05, 4.69) is 15.5 Å². The zero-order valence-electron chi connectivity index (χ0n) is 17.8. The van der Waals surface area contributed by atoms with Crippen molar-refractivity contribution < 1.29 is 9.90 Å². The van der Waals surface area contributed by atoms with Crippen molar-refractivity contribution in [1.82, 2.24) is 4.90 Å². The highest BCUT2D eigenvalue weighted by molar-refractivity contribution is 6.05. The van der Waals surface area contributed by atoms with Crippen molar-refractivity contribution in [3.05, 3.63) is 54.1 Å². The Kier molecular flexibility index (Phi) is 5.71. The lowest BCUT2D eigenvalue weighted by molar-refractivity contribution is 0.00450. The van der Waals surface area contributed by atoms with Gasteiger partial charge in [0.05, 0.1) is 17.0 Å². The minimum absolute atomic E-state index is 0.169. The first-order valence-corrected chi connectivity index (χ1v) is 10.8. The van der Waals surface area contributed by atoms with Crippen LogP contribution in [0.2, 0.25) is 0 Å². The Bertz CT molecular complexity index is 877. The number of rotatable bonds is 6. The molecule has 1 amide bonds. The molecule has 0 spiro atoms. The van der Waals surface area contributed by atoms with Gasteiger partial charge in [-0.3, -0.25) is 9.69 Å². The van der Waals surface area contributed by atoms with Crippen LogP contribution >= 0.6 is 0 Å². The van der Waals surface area contributed by atoms with Crippen LogP contribution < -0.4 is 16.4 Å². The molecule has 30 heavy (non-hydrogen) atoms. The van der Waals surface area contributed by atoms with Crippen LogP contribution in [0.5, 0.6) is 0 Å². The average molecular weight is 409 g/mol. The molecule has 2 fully saturated rings. The zero-order valence-corrected chi connectivity index (χ0v) is 17.8. The third kappa shape index (κ3) is 4.77. The van der Waals surface area contributed by atoms with Gasteiger partial charge in [0.2, 0.25) is 0 Å². The standard InChI is InChI=1S/C24H32N4O2/c1-24(2,30)15-28-19-11-12-20(28)14-18(13-19)26-17-9-7-16(8-10-17)23(29)27-22-6-4-3-5-21(22)25/h3-10,18-20,26,30H,11-15,25H2,1-2H3,(H,27,29). The fourth-order valence-electron chi connectivity index (χ4n) is 4.86. The Hall–Kier alpha value is -2.57. The van der Waals surface area contributed by atoms with Crippen molar-refractivity contribution in [3.63, 3.8) is 0 Å². The number of fused-ring (bicyclic) bond motifs is 2. The van der Waals surface area contributed by atoms with E-state index in [1.165, 1.54) is 12.8 Å². The quantitative estimate of drug-likeness (QED) is 0.547. The number of amides is 1. The van der Waals surface area contributed by atoms with Crippen LogP contribution in [0, 0.1) is 0 Å². The lowest BCUT2D eigenvalue weighted by atomic mass is 9.95. The summed E-state index contributed by atoms with van der Waals surface area (Å²) >= 11 is 0. The van der Waals surface area contributed by atoms with Crippen molar-refractivity contribution in [3.8, 4) is 0 Å². The number of hydrogen-bond donors (Lipinski definition) is 4. The molecule has 2 saturated heterocycles. The Morgan fingerprint density at radius 3 is 2.33 bits per heavy atom. The van der Waals surface area contributed by atoms with Gasteiger partial charge in [0.1, 0.15) is 0 Å². The molecule has 0 saturated carbocycles. The molecule has 5 N–H and O–H groups in total. The second-order valence-corrected chi connectivity index (χ2v) is 9.30. The summed E-state index contributed by atoms with van der Waals surface area (Å²) in [5.41, 5.74) is 8.06. The molecule has 2 aliphatic heterocycles. The van der Waals surface area contributed by atoms with Crippen molar-refractivity contribution in [2.45, 2.75) is 63.3 Å². The van der Waals surface area contributed by atoms with Gasteiger partial charge in [0, 0.05) is 35.9 Å². The second kappa shape index (κ2) is 8.28. The van der Waals surface area contributed by atoms with Crippen LogP contribution in [0.3, 0.4) is 0 Å². The van der Waals surface area contributed by atoms with Crippen LogP contribution in [0.1, 0.15) is 49.9 Å². The smallest absolute Gasteiger partial charge is 0.255 e. The summed E-state index contributed by atoms with van der Waals surface area (Å²) in [6, 6.07) is 16.4. The highest BCUT2D eigenvalue weighted by Gasteiger charge is 2.42. The number of anilines is 3. The van der Waals surface area contributed by atoms with Gasteiger partial charge in [0.15, 0.2) is 0 Å². The molecule has 2 aromatic carbocycles. The first-order chi connectivity index (χ1) is 14.3. The first-order valence-electron chi connectivity index (χ1n) is 10.8. The summed E-state index contributed by atoms with van der Waals surface area (Å²) in [6.45, 7) is 4.52. The molecular weight excluding hydrogens is 376 g/mol. The first kappa shape index (κ1) is 20.7. The molecule has 2 aliphatic rings. The number of nitrogens with two attached hydrogens (primary N) is 1. The Morgan fingerprint density at radius 1 is 1.10 bits per heavy atom. The molecule has 2 atom stereocenters. The summed E-state index contributed by atoms with van der Waals surface area (Å²) in [5.74, 6) is -0.169. The number of aliphatic hydroxyl groups is 1. The third-order valence-corrected chi connectivity index (χ3v) is 6.18. The van der Waals surface area contributed by atoms with Crippen LogP contribution in [0.25, 0.3) is 0 Å². The van der Waals surface area contributed by atoms with Gasteiger partial charge in [-0.2, -0.15) is 0 Å². The highest BCUT2D eigenvalue weighted by atomic mass is 16.3. The van der Waals surface area contributed by atoms with Crippen molar-refractivity contribution >= 4 is 23.0 Å². The maximum absolute atomic E-state index is 12.5. The normalized spacial score (nSPS) is 23.9. The summed E-state index contributed by atoms with van der Waals surface area (Å²) in [7, 11) is 0. The molecule has 160 valence electrons. The fourth-order valence-corrected chi connectivity index (χ4v) is 4.86. The van der Waals surface area contributed by atoms with E-state index in [9.17, 15) is 9.90 Å². The van der Waals surface area contributed by atoms with E-state index in [0.717, 1.165) is 25.1 Å². The van der Waals surface area contributed by atoms with Gasteiger partial charge in [-0.05, 0) is 75.9 Å². The number of piperidine rings is 1. The predicted molar refractivity (Wildman–Crippen MR) is 122 cm³/mol. The Labute approximate surface area is 178 Å². The van der Waals surface area contributed by atoms with E-state index < -0.39 is 5.60 Å². The van der Waals surface area contributed by atoms with Gasteiger partial charge in [-0.1, -0.05) is 12.1 Å². The maximum atomic E-state index is 12.5. The molecule has 0 aliphatic carbocycles. The van der Waals surface area contributed by atoms with Crippen LogP contribution in [0.4, 0.5) is 17.1 Å². The van der Waals surface area contributed by atoms with E-state index in [4.69, 9.17) is 5.73 Å². The van der Waals surface area contributed by atoms with Gasteiger partial charge in [0.25, 0.3) is 5.91 Å². The SMILES string of the molecule is CC(C)(O)CN1C2CCC1CC(Nc1ccc(C(=O)Nc3ccccc3N)cc1)C2. The number of benzene rings is 2. The Morgan fingerprint density at radius 2 is 1.73 bits per heavy atom. The minimum Gasteiger partial charge on any atom is -0.397 e. The molecule has 2 bridgehead atoms. The molecule has 2 heterocycles.